The van der Waals surface area contributed by atoms with E-state index in [1.807, 2.05) is 0 Å². The monoisotopic (exact) mass is 1140 g/mol. The fraction of sp³-hybridized carbons (Fsp3) is 0.855. The van der Waals surface area contributed by atoms with Crippen LogP contribution in [0.25, 0.3) is 0 Å². The van der Waals surface area contributed by atoms with Gasteiger partial charge in [0.25, 0.3) is 0 Å². The zero-order chi connectivity index (χ0) is 60.2. The molecule has 9 N–H and O–H groups in total. The quantitative estimate of drug-likeness (QED) is 0.105. The molecule has 12 atom stereocenters. The number of rotatable bonds is 15. The Kier molecular flexibility index (Phi) is 21.2. The predicted octanol–water partition coefficient (Wildman–Crippen LogP) is 3.91. The highest BCUT2D eigenvalue weighted by Crippen LogP contribution is 2.39. The minimum Gasteiger partial charge on any atom is -0.466 e. The Bertz CT molecular complexity index is 2190. The first-order chi connectivity index (χ1) is 36.6. The largest absolute Gasteiger partial charge is 0.466 e. The molecule has 5 rings (SSSR count). The van der Waals surface area contributed by atoms with Crippen LogP contribution in [0.2, 0.25) is 0 Å². The Morgan fingerprint density at radius 1 is 0.725 bits per heavy atom. The summed E-state index contributed by atoms with van der Waals surface area (Å²) >= 11 is 0. The van der Waals surface area contributed by atoms with Crippen LogP contribution in [-0.2, 0) is 42.7 Å². The van der Waals surface area contributed by atoms with E-state index in [1.54, 1.807) is 110 Å². The normalized spacial score (nSPS) is 30.8. The van der Waals surface area contributed by atoms with E-state index in [-0.39, 0.29) is 57.5 Å². The average molecular weight is 1140 g/mol. The molecule has 25 nitrogen and oxygen atoms in total. The van der Waals surface area contributed by atoms with Gasteiger partial charge in [0.15, 0.2) is 0 Å². The molecule has 3 aliphatic heterocycles. The Balaban J connectivity index is 1.46. The number of hydrogen-bond donors (Lipinski definition) is 9. The van der Waals surface area contributed by atoms with E-state index in [1.165, 1.54) is 18.9 Å². The fourth-order valence-corrected chi connectivity index (χ4v) is 10.3. The first-order valence-corrected chi connectivity index (χ1v) is 27.9. The van der Waals surface area contributed by atoms with Crippen LogP contribution in [0.4, 0.5) is 24.0 Å². The number of ether oxygens (including phenoxy) is 8. The number of likely N-dealkylation sites (N-methyl/N-ethyl adjacent to an activating group) is 1. The standard InChI is InChI=1S/C55H95N7O18/c1-50(2,3)76-45(67)57-31-20-29(21-31)24-56-25-32-18-19-34(59-46(68)77-51(4,5)6)44(74-32)75-41-36(60-47(69)78-52(7,8)9)23-35(58-43(66)38(63)30-26-62(27-30)49(71)80-54(13,14)15)33(39(41)64)22-37-40(65)42(55(16,72)28-73-37)61(17)48(70)79-53(10,11)12/h18,29-31,33-42,44,56,63-65,72H,19-28H2,1-17H3,(H,57,67)(H,58,66)(H,59,68)(H,60,69)/t29?,31?,33-,34+,35+,36-,37+,38?,39+,40-,41+,42+,44+,55-/m0/s1. The molecule has 4 fully saturated rings. The number of carbonyl (C=O) groups is 6. The van der Waals surface area contributed by atoms with Crippen LogP contribution in [0.5, 0.6) is 0 Å². The minimum absolute atomic E-state index is 0.00770. The van der Waals surface area contributed by atoms with Gasteiger partial charge in [-0.2, -0.15) is 0 Å². The van der Waals surface area contributed by atoms with Crippen molar-refractivity contribution < 1.29 is 87.1 Å². The molecule has 458 valence electrons. The summed E-state index contributed by atoms with van der Waals surface area (Å²) in [4.78, 5) is 82.4. The smallest absolute Gasteiger partial charge is 0.410 e. The summed E-state index contributed by atoms with van der Waals surface area (Å²) in [5, 5.41) is 63.0. The van der Waals surface area contributed by atoms with E-state index in [0.717, 1.165) is 17.7 Å². The molecular weight excluding hydrogens is 1050 g/mol. The van der Waals surface area contributed by atoms with Gasteiger partial charge >= 0.3 is 30.5 Å². The van der Waals surface area contributed by atoms with Crippen LogP contribution in [0.3, 0.4) is 0 Å². The second-order valence-electron chi connectivity index (χ2n) is 27.4. The lowest BCUT2D eigenvalue weighted by atomic mass is 9.72. The third-order valence-electron chi connectivity index (χ3n) is 13.9. The summed E-state index contributed by atoms with van der Waals surface area (Å²) in [6, 6.07) is -4.58. The van der Waals surface area contributed by atoms with Crippen LogP contribution >= 0.6 is 0 Å². The zero-order valence-corrected chi connectivity index (χ0v) is 50.1. The van der Waals surface area contributed by atoms with Gasteiger partial charge in [-0.15, -0.1) is 0 Å². The molecule has 2 saturated carbocycles. The number of amides is 6. The van der Waals surface area contributed by atoms with Gasteiger partial charge in [0, 0.05) is 44.1 Å². The second-order valence-corrected chi connectivity index (χ2v) is 27.4. The summed E-state index contributed by atoms with van der Waals surface area (Å²) in [6.07, 6.45) is -9.60. The minimum atomic E-state index is -1.80. The maximum Gasteiger partial charge on any atom is 0.410 e. The summed E-state index contributed by atoms with van der Waals surface area (Å²) in [5.74, 6) is -2.02. The molecule has 25 heteroatoms. The highest BCUT2D eigenvalue weighted by Gasteiger charge is 2.55. The molecule has 0 aromatic rings. The molecule has 0 bridgehead atoms. The van der Waals surface area contributed by atoms with Crippen LogP contribution in [0.15, 0.2) is 11.8 Å². The molecule has 0 aromatic carbocycles. The lowest BCUT2D eigenvalue weighted by Gasteiger charge is -2.51. The van der Waals surface area contributed by atoms with Gasteiger partial charge in [-0.25, -0.2) is 24.0 Å². The number of hydrogen-bond acceptors (Lipinski definition) is 19. The van der Waals surface area contributed by atoms with Gasteiger partial charge in [0.2, 0.25) is 12.2 Å². The van der Waals surface area contributed by atoms with Crippen molar-refractivity contribution in [3.63, 3.8) is 0 Å². The molecule has 3 heterocycles. The number of carbonyl (C=O) groups excluding carboxylic acids is 6. The zero-order valence-electron chi connectivity index (χ0n) is 50.1. The van der Waals surface area contributed by atoms with Crippen molar-refractivity contribution in [1.29, 1.82) is 0 Å². The van der Waals surface area contributed by atoms with Crippen molar-refractivity contribution in [3.8, 4) is 0 Å². The summed E-state index contributed by atoms with van der Waals surface area (Å²) in [6.45, 7) is 27.5. The number of nitrogens with one attached hydrogen (secondary N) is 5. The van der Waals surface area contributed by atoms with E-state index in [4.69, 9.17) is 37.9 Å². The second kappa shape index (κ2) is 25.7. The van der Waals surface area contributed by atoms with Crippen molar-refractivity contribution in [3.05, 3.63) is 11.8 Å². The van der Waals surface area contributed by atoms with Gasteiger partial charge in [-0.05, 0) is 161 Å². The van der Waals surface area contributed by atoms with Crippen LogP contribution < -0.4 is 26.6 Å². The molecule has 2 saturated heterocycles. The average Bonchev–Trinajstić information content (AvgIpc) is 3.22. The number of aliphatic hydroxyl groups is 4. The first-order valence-electron chi connectivity index (χ1n) is 27.9. The maximum atomic E-state index is 14.2. The van der Waals surface area contributed by atoms with Crippen molar-refractivity contribution in [2.75, 3.05) is 39.8 Å². The lowest BCUT2D eigenvalue weighted by molar-refractivity contribution is -0.229. The van der Waals surface area contributed by atoms with Gasteiger partial charge in [0.05, 0.1) is 43.5 Å². The summed E-state index contributed by atoms with van der Waals surface area (Å²) < 4.78 is 47.2. The molecule has 0 radical (unpaired) electrons. The van der Waals surface area contributed by atoms with E-state index in [2.05, 4.69) is 26.6 Å². The van der Waals surface area contributed by atoms with E-state index in [0.29, 0.717) is 12.3 Å². The highest BCUT2D eigenvalue weighted by atomic mass is 16.7. The van der Waals surface area contributed by atoms with Crippen LogP contribution in [0.1, 0.15) is 143 Å². The van der Waals surface area contributed by atoms with Crippen LogP contribution in [-0.4, -0.2) is 207 Å². The van der Waals surface area contributed by atoms with Crippen molar-refractivity contribution in [2.45, 2.75) is 244 Å². The van der Waals surface area contributed by atoms with Gasteiger partial charge in [-0.1, -0.05) is 0 Å². The van der Waals surface area contributed by atoms with Crippen molar-refractivity contribution in [1.82, 2.24) is 36.4 Å². The molecule has 1 unspecified atom stereocenters. The molecule has 0 aromatic heterocycles. The fourth-order valence-electron chi connectivity index (χ4n) is 10.3. The van der Waals surface area contributed by atoms with Crippen molar-refractivity contribution in [2.24, 2.45) is 17.8 Å². The van der Waals surface area contributed by atoms with Crippen molar-refractivity contribution >= 4 is 36.4 Å². The third kappa shape index (κ3) is 19.6. The Labute approximate surface area is 471 Å². The number of nitrogens with zero attached hydrogens (tertiary/aromatic N) is 2. The molecular formula is C55H95N7O18. The SMILES string of the molecule is CN(C(=O)OC(C)(C)C)[C@@H]1[C@@H](O)[C@@H](C[C@@H]2[C@@H](O)[C@H](O[C@H]3OC(CNCC4CC(NC(=O)OC(C)(C)C)C4)=CC[C@H]3NC(=O)OC(C)(C)C)[C@@H](NC(=O)OC(C)(C)C)C[C@H]2NC(=O)C(O)C2CN(C(=O)OC(C)(C)C)C2)OC[C@]1(C)O. The number of alkyl carbamates (subject to hydrolysis) is 3. The van der Waals surface area contributed by atoms with E-state index >= 15 is 0 Å². The number of aliphatic hydroxyl groups excluding tert-OH is 3. The molecule has 2 aliphatic carbocycles. The lowest BCUT2D eigenvalue weighted by Crippen LogP contribution is -2.69. The predicted molar refractivity (Wildman–Crippen MR) is 290 cm³/mol. The molecule has 6 amide bonds. The Hall–Kier alpha value is -4.92. The third-order valence-corrected chi connectivity index (χ3v) is 13.9. The first kappa shape index (κ1) is 65.9. The van der Waals surface area contributed by atoms with Gasteiger partial charge < -0.3 is 94.7 Å². The van der Waals surface area contributed by atoms with Gasteiger partial charge in [-0.3, -0.25) is 4.79 Å². The van der Waals surface area contributed by atoms with Crippen LogP contribution in [0, 0.1) is 17.8 Å². The van der Waals surface area contributed by atoms with E-state index in [9.17, 15) is 49.2 Å². The Morgan fingerprint density at radius 2 is 1.25 bits per heavy atom. The molecule has 80 heavy (non-hydrogen) atoms. The Morgan fingerprint density at radius 3 is 1.79 bits per heavy atom. The van der Waals surface area contributed by atoms with E-state index < -0.39 is 143 Å². The number of likely N-dealkylation sites (tertiary alicyclic amines) is 1. The summed E-state index contributed by atoms with van der Waals surface area (Å²) in [7, 11) is 1.37. The molecule has 5 aliphatic rings. The topological polar surface area (TPSA) is 324 Å². The summed E-state index contributed by atoms with van der Waals surface area (Å²) in [5.41, 5.74) is -6.01. The highest BCUT2D eigenvalue weighted by molar-refractivity contribution is 5.82. The maximum absolute atomic E-state index is 14.2. The van der Waals surface area contributed by atoms with Gasteiger partial charge in [0.1, 0.15) is 57.7 Å². The molecule has 0 spiro atoms.